The first-order chi connectivity index (χ1) is 8.75. The van der Waals surface area contributed by atoms with Crippen LogP contribution in [0.25, 0.3) is 10.9 Å². The summed E-state index contributed by atoms with van der Waals surface area (Å²) in [4.78, 5) is 4.54. The summed E-state index contributed by atoms with van der Waals surface area (Å²) in [6.07, 6.45) is 0. The first-order valence-corrected chi connectivity index (χ1v) is 6.67. The van der Waals surface area contributed by atoms with Crippen molar-refractivity contribution < 1.29 is 4.39 Å². The lowest BCUT2D eigenvalue weighted by atomic mass is 9.90. The summed E-state index contributed by atoms with van der Waals surface area (Å²) in [7, 11) is 1.77. The Morgan fingerprint density at radius 2 is 1.84 bits per heavy atom. The number of rotatable bonds is 1. The van der Waals surface area contributed by atoms with Crippen LogP contribution < -0.4 is 5.32 Å². The molecule has 1 aromatic carbocycles. The fraction of sp³-hybridized carbons (Fsp3) is 0.357. The summed E-state index contributed by atoms with van der Waals surface area (Å²) in [6.45, 7) is 6.19. The average molecular weight is 301 g/mol. The molecule has 2 nitrogen and oxygen atoms in total. The summed E-state index contributed by atoms with van der Waals surface area (Å²) in [5, 5.41) is 3.57. The highest BCUT2D eigenvalue weighted by Crippen LogP contribution is 2.37. The summed E-state index contributed by atoms with van der Waals surface area (Å²) in [6, 6.07) is 3.40. The van der Waals surface area contributed by atoms with Crippen molar-refractivity contribution in [2.45, 2.75) is 26.2 Å². The monoisotopic (exact) mass is 300 g/mol. The van der Waals surface area contributed by atoms with E-state index in [0.29, 0.717) is 10.9 Å². The van der Waals surface area contributed by atoms with Gasteiger partial charge in [0, 0.05) is 29.2 Å². The normalized spacial score (nSPS) is 11.9. The van der Waals surface area contributed by atoms with Crippen molar-refractivity contribution in [1.29, 1.82) is 0 Å². The number of nitrogens with zero attached hydrogens (tertiary/aromatic N) is 1. The van der Waals surface area contributed by atoms with Gasteiger partial charge in [-0.2, -0.15) is 0 Å². The van der Waals surface area contributed by atoms with Crippen LogP contribution in [0.5, 0.6) is 0 Å². The molecule has 5 heteroatoms. The third-order valence-electron chi connectivity index (χ3n) is 2.97. The number of halogens is 3. The van der Waals surface area contributed by atoms with Gasteiger partial charge in [-0.05, 0) is 12.1 Å². The molecule has 0 atom stereocenters. The first kappa shape index (κ1) is 14.4. The number of pyridine rings is 1. The second kappa shape index (κ2) is 4.80. The van der Waals surface area contributed by atoms with Crippen molar-refractivity contribution in [2.75, 3.05) is 12.4 Å². The number of hydrogen-bond acceptors (Lipinski definition) is 2. The van der Waals surface area contributed by atoms with Crippen molar-refractivity contribution in [3.8, 4) is 0 Å². The minimum atomic E-state index is -0.613. The van der Waals surface area contributed by atoms with Gasteiger partial charge in [0.15, 0.2) is 5.82 Å². The molecule has 19 heavy (non-hydrogen) atoms. The molecule has 0 aliphatic rings. The van der Waals surface area contributed by atoms with E-state index in [0.717, 1.165) is 11.4 Å². The molecule has 0 radical (unpaired) electrons. The summed E-state index contributed by atoms with van der Waals surface area (Å²) in [5.74, 6) is -0.613. The zero-order valence-corrected chi connectivity index (χ0v) is 12.7. The summed E-state index contributed by atoms with van der Waals surface area (Å²) in [5.41, 5.74) is 2.11. The maximum Gasteiger partial charge on any atom is 0.161 e. The molecule has 0 spiro atoms. The van der Waals surface area contributed by atoms with Gasteiger partial charge in [-0.25, -0.2) is 4.39 Å². The van der Waals surface area contributed by atoms with E-state index in [4.69, 9.17) is 23.2 Å². The smallest absolute Gasteiger partial charge is 0.161 e. The standard InChI is InChI=1S/C14H15Cl2FN2/c1-14(2,3)10-6-8(18-4)11-9(19-10)5-7(15)13(17)12(11)16/h5-6H,1-4H3,(H,18,19). The lowest BCUT2D eigenvalue weighted by Crippen LogP contribution is -2.14. The lowest BCUT2D eigenvalue weighted by molar-refractivity contribution is 0.571. The van der Waals surface area contributed by atoms with Gasteiger partial charge in [0.2, 0.25) is 0 Å². The highest BCUT2D eigenvalue weighted by Gasteiger charge is 2.20. The van der Waals surface area contributed by atoms with Crippen molar-refractivity contribution >= 4 is 39.8 Å². The number of nitrogens with one attached hydrogen (secondary N) is 1. The van der Waals surface area contributed by atoms with Crippen LogP contribution in [0.1, 0.15) is 26.5 Å². The Morgan fingerprint density at radius 3 is 2.37 bits per heavy atom. The zero-order valence-electron chi connectivity index (χ0n) is 11.2. The van der Waals surface area contributed by atoms with Crippen molar-refractivity contribution in [1.82, 2.24) is 4.98 Å². The Kier molecular flexibility index (Phi) is 3.63. The second-order valence-electron chi connectivity index (χ2n) is 5.44. The molecule has 0 aliphatic carbocycles. The van der Waals surface area contributed by atoms with Gasteiger partial charge in [-0.15, -0.1) is 0 Å². The van der Waals surface area contributed by atoms with E-state index >= 15 is 0 Å². The molecule has 2 rings (SSSR count). The molecule has 0 saturated heterocycles. The van der Waals surface area contributed by atoms with Crippen LogP contribution >= 0.6 is 23.2 Å². The van der Waals surface area contributed by atoms with E-state index < -0.39 is 5.82 Å². The van der Waals surface area contributed by atoms with E-state index in [1.54, 1.807) is 7.05 Å². The molecule has 0 amide bonds. The first-order valence-electron chi connectivity index (χ1n) is 5.92. The van der Waals surface area contributed by atoms with Gasteiger partial charge in [-0.3, -0.25) is 4.98 Å². The number of hydrogen-bond donors (Lipinski definition) is 1. The van der Waals surface area contributed by atoms with E-state index in [2.05, 4.69) is 31.1 Å². The van der Waals surface area contributed by atoms with Crippen molar-refractivity contribution in [3.05, 3.63) is 33.7 Å². The van der Waals surface area contributed by atoms with Gasteiger partial charge in [-0.1, -0.05) is 44.0 Å². The number of anilines is 1. The Balaban J connectivity index is 2.89. The maximum absolute atomic E-state index is 13.8. The predicted molar refractivity (Wildman–Crippen MR) is 80.0 cm³/mol. The molecule has 0 fully saturated rings. The number of benzene rings is 1. The van der Waals surface area contributed by atoms with Gasteiger partial charge >= 0.3 is 0 Å². The van der Waals surface area contributed by atoms with Gasteiger partial charge in [0.05, 0.1) is 15.6 Å². The van der Waals surface area contributed by atoms with Crippen LogP contribution in [0.2, 0.25) is 10.0 Å². The third kappa shape index (κ3) is 2.49. The molecule has 2 aromatic rings. The lowest BCUT2D eigenvalue weighted by Gasteiger charge is -2.20. The fourth-order valence-electron chi connectivity index (χ4n) is 1.88. The van der Waals surface area contributed by atoms with Gasteiger partial charge in [0.1, 0.15) is 0 Å². The number of aromatic nitrogens is 1. The van der Waals surface area contributed by atoms with Crippen molar-refractivity contribution in [3.63, 3.8) is 0 Å². The molecule has 0 aliphatic heterocycles. The molecular formula is C14H15Cl2FN2. The minimum absolute atomic E-state index is 0.000177. The van der Waals surface area contributed by atoms with Gasteiger partial charge < -0.3 is 5.32 Å². The van der Waals surface area contributed by atoms with Gasteiger partial charge in [0.25, 0.3) is 0 Å². The quantitative estimate of drug-likeness (QED) is 0.748. The van der Waals surface area contributed by atoms with Crippen LogP contribution in [0.3, 0.4) is 0 Å². The van der Waals surface area contributed by atoms with E-state index in [1.807, 2.05) is 6.07 Å². The molecule has 1 aromatic heterocycles. The topological polar surface area (TPSA) is 24.9 Å². The largest absolute Gasteiger partial charge is 0.387 e. The van der Waals surface area contributed by atoms with E-state index in [1.165, 1.54) is 6.07 Å². The summed E-state index contributed by atoms with van der Waals surface area (Å²) >= 11 is 11.9. The number of fused-ring (bicyclic) bond motifs is 1. The van der Waals surface area contributed by atoms with Crippen LogP contribution in [0, 0.1) is 5.82 Å². The van der Waals surface area contributed by atoms with E-state index in [9.17, 15) is 4.39 Å². The highest BCUT2D eigenvalue weighted by atomic mass is 35.5. The van der Waals surface area contributed by atoms with Crippen LogP contribution in [-0.4, -0.2) is 12.0 Å². The van der Waals surface area contributed by atoms with E-state index in [-0.39, 0.29) is 15.5 Å². The third-order valence-corrected chi connectivity index (χ3v) is 3.60. The van der Waals surface area contributed by atoms with Crippen LogP contribution in [0.15, 0.2) is 12.1 Å². The van der Waals surface area contributed by atoms with Crippen LogP contribution in [0.4, 0.5) is 10.1 Å². The summed E-state index contributed by atoms with van der Waals surface area (Å²) < 4.78 is 13.8. The van der Waals surface area contributed by atoms with Crippen LogP contribution in [-0.2, 0) is 5.41 Å². The molecule has 0 bridgehead atoms. The minimum Gasteiger partial charge on any atom is -0.387 e. The fourth-order valence-corrected chi connectivity index (χ4v) is 2.43. The molecular weight excluding hydrogens is 286 g/mol. The zero-order chi connectivity index (χ0) is 14.4. The molecule has 102 valence electrons. The Hall–Kier alpha value is -1.06. The average Bonchev–Trinajstić information content (AvgIpc) is 2.33. The SMILES string of the molecule is CNc1cc(C(C)(C)C)nc2cc(Cl)c(F)c(Cl)c12. The Morgan fingerprint density at radius 1 is 1.21 bits per heavy atom. The van der Waals surface area contributed by atoms with Crippen molar-refractivity contribution in [2.24, 2.45) is 0 Å². The Bertz CT molecular complexity index is 648. The highest BCUT2D eigenvalue weighted by molar-refractivity contribution is 6.39. The predicted octanol–water partition coefficient (Wildman–Crippen LogP) is 5.02. The maximum atomic E-state index is 13.8. The molecule has 1 heterocycles. The molecule has 0 saturated carbocycles. The molecule has 1 N–H and O–H groups in total. The second-order valence-corrected chi connectivity index (χ2v) is 6.22. The Labute approximate surface area is 121 Å². The molecule has 0 unspecified atom stereocenters.